The maximum atomic E-state index is 12.1. The van der Waals surface area contributed by atoms with Gasteiger partial charge in [-0.2, -0.15) is 0 Å². The second-order valence-corrected chi connectivity index (χ2v) is 5.55. The van der Waals surface area contributed by atoms with Gasteiger partial charge in [-0.15, -0.1) is 0 Å². The Morgan fingerprint density at radius 3 is 2.86 bits per heavy atom. The van der Waals surface area contributed by atoms with E-state index in [9.17, 15) is 15.0 Å². The highest BCUT2D eigenvalue weighted by Crippen LogP contribution is 2.25. The van der Waals surface area contributed by atoms with Gasteiger partial charge in [0.15, 0.2) is 11.5 Å². The molecule has 116 valence electrons. The van der Waals surface area contributed by atoms with Gasteiger partial charge in [0.1, 0.15) is 0 Å². The maximum Gasteiger partial charge on any atom is 0.237 e. The lowest BCUT2D eigenvalue weighted by atomic mass is 9.99. The first kappa shape index (κ1) is 15.6. The highest BCUT2D eigenvalue weighted by atomic mass is 16.5. The minimum absolute atomic E-state index is 0.0271. The molecule has 1 fully saturated rings. The van der Waals surface area contributed by atoms with Crippen LogP contribution in [0.5, 0.6) is 11.5 Å². The summed E-state index contributed by atoms with van der Waals surface area (Å²) < 4.78 is 5.31. The number of phenolic OH excluding ortho intramolecular Hbond substituents is 2. The van der Waals surface area contributed by atoms with Gasteiger partial charge in [-0.3, -0.25) is 4.79 Å². The smallest absolute Gasteiger partial charge is 0.237 e. The Balaban J connectivity index is 1.88. The van der Waals surface area contributed by atoms with Crippen LogP contribution < -0.4 is 11.1 Å². The molecule has 0 aromatic heterocycles. The Labute approximate surface area is 123 Å². The van der Waals surface area contributed by atoms with Crippen LogP contribution in [0.1, 0.15) is 18.9 Å². The van der Waals surface area contributed by atoms with Gasteiger partial charge in [-0.05, 0) is 37.5 Å². The van der Waals surface area contributed by atoms with Gasteiger partial charge in [-0.25, -0.2) is 0 Å². The van der Waals surface area contributed by atoms with Crippen molar-refractivity contribution in [3.8, 4) is 11.5 Å². The van der Waals surface area contributed by atoms with Gasteiger partial charge in [0.05, 0.1) is 12.6 Å². The minimum Gasteiger partial charge on any atom is -0.504 e. The summed E-state index contributed by atoms with van der Waals surface area (Å²) in [7, 11) is 0. The Morgan fingerprint density at radius 2 is 2.24 bits per heavy atom. The van der Waals surface area contributed by atoms with E-state index >= 15 is 0 Å². The molecule has 2 unspecified atom stereocenters. The second kappa shape index (κ2) is 6.78. The Bertz CT molecular complexity index is 500. The fourth-order valence-electron chi connectivity index (χ4n) is 2.44. The number of benzene rings is 1. The maximum absolute atomic E-state index is 12.1. The van der Waals surface area contributed by atoms with Gasteiger partial charge < -0.3 is 26.0 Å². The zero-order valence-corrected chi connectivity index (χ0v) is 12.1. The summed E-state index contributed by atoms with van der Waals surface area (Å²) in [5.41, 5.74) is 6.60. The largest absolute Gasteiger partial charge is 0.504 e. The molecule has 0 aliphatic carbocycles. The zero-order valence-electron chi connectivity index (χ0n) is 12.1. The third-order valence-electron chi connectivity index (χ3n) is 3.87. The molecule has 5 N–H and O–H groups in total. The molecule has 1 aromatic carbocycles. The molecule has 1 heterocycles. The van der Waals surface area contributed by atoms with Crippen LogP contribution in [0.3, 0.4) is 0 Å². The molecule has 0 bridgehead atoms. The minimum atomic E-state index is -0.696. The van der Waals surface area contributed by atoms with Gasteiger partial charge in [0.2, 0.25) is 5.91 Å². The molecule has 0 spiro atoms. The van der Waals surface area contributed by atoms with Crippen LogP contribution >= 0.6 is 0 Å². The average molecular weight is 294 g/mol. The molecule has 1 amide bonds. The summed E-state index contributed by atoms with van der Waals surface area (Å²) in [4.78, 5) is 12.1. The number of nitrogens with one attached hydrogen (secondary N) is 1. The van der Waals surface area contributed by atoms with Crippen molar-refractivity contribution in [2.75, 3.05) is 13.2 Å². The number of hydrogen-bond acceptors (Lipinski definition) is 5. The molecular formula is C15H22N2O4. The predicted octanol–water partition coefficient (Wildman–Crippen LogP) is 0.509. The number of amides is 1. The van der Waals surface area contributed by atoms with Crippen molar-refractivity contribution in [3.63, 3.8) is 0 Å². The van der Waals surface area contributed by atoms with Crippen LogP contribution in [0, 0.1) is 5.92 Å². The van der Waals surface area contributed by atoms with Crippen LogP contribution in [-0.4, -0.2) is 41.4 Å². The summed E-state index contributed by atoms with van der Waals surface area (Å²) in [5, 5.41) is 21.6. The van der Waals surface area contributed by atoms with E-state index in [1.165, 1.54) is 12.1 Å². The summed E-state index contributed by atoms with van der Waals surface area (Å²) in [6.07, 6.45) is 1.25. The average Bonchev–Trinajstić information content (AvgIpc) is 2.97. The number of phenols is 2. The zero-order chi connectivity index (χ0) is 15.4. The number of ether oxygens (including phenoxy) is 1. The number of carbonyl (C=O) groups excluding carboxylic acids is 1. The molecule has 1 saturated heterocycles. The summed E-state index contributed by atoms with van der Waals surface area (Å²) in [6, 6.07) is 3.76. The Kier molecular flexibility index (Phi) is 5.03. The van der Waals surface area contributed by atoms with E-state index < -0.39 is 6.04 Å². The molecule has 6 heteroatoms. The fourth-order valence-corrected chi connectivity index (χ4v) is 2.44. The van der Waals surface area contributed by atoms with E-state index in [0.717, 1.165) is 13.0 Å². The molecule has 0 radical (unpaired) electrons. The van der Waals surface area contributed by atoms with E-state index in [0.29, 0.717) is 24.5 Å². The molecule has 1 aliphatic heterocycles. The molecular weight excluding hydrogens is 272 g/mol. The topological polar surface area (TPSA) is 105 Å². The van der Waals surface area contributed by atoms with Crippen molar-refractivity contribution in [1.29, 1.82) is 0 Å². The standard InChI is InChI=1S/C15H22N2O4/c1-9(11-4-5-21-8-11)17-15(20)12(16)6-10-2-3-13(18)14(19)7-10/h2-3,7,9,11-12,18-19H,4-6,8,16H2,1H3,(H,17,20)/t9?,11?,12-/m0/s1. The number of rotatable bonds is 5. The monoisotopic (exact) mass is 294 g/mol. The number of nitrogens with two attached hydrogens (primary N) is 1. The first-order valence-electron chi connectivity index (χ1n) is 7.12. The highest BCUT2D eigenvalue weighted by molar-refractivity contribution is 5.82. The van der Waals surface area contributed by atoms with Crippen molar-refractivity contribution >= 4 is 5.91 Å². The van der Waals surface area contributed by atoms with E-state index in [-0.39, 0.29) is 23.4 Å². The Hall–Kier alpha value is -1.79. The van der Waals surface area contributed by atoms with Crippen LogP contribution in [0.25, 0.3) is 0 Å². The van der Waals surface area contributed by atoms with Crippen LogP contribution in [0.2, 0.25) is 0 Å². The lowest BCUT2D eigenvalue weighted by Crippen LogP contribution is -2.47. The Morgan fingerprint density at radius 1 is 1.48 bits per heavy atom. The van der Waals surface area contributed by atoms with Crippen LogP contribution in [0.4, 0.5) is 0 Å². The van der Waals surface area contributed by atoms with Crippen molar-refractivity contribution < 1.29 is 19.7 Å². The third-order valence-corrected chi connectivity index (χ3v) is 3.87. The fraction of sp³-hybridized carbons (Fsp3) is 0.533. The predicted molar refractivity (Wildman–Crippen MR) is 78.0 cm³/mol. The molecule has 6 nitrogen and oxygen atoms in total. The molecule has 2 rings (SSSR count). The third kappa shape index (κ3) is 4.09. The normalized spacial score (nSPS) is 21.0. The van der Waals surface area contributed by atoms with Gasteiger partial charge in [0, 0.05) is 18.6 Å². The summed E-state index contributed by atoms with van der Waals surface area (Å²) in [6.45, 7) is 3.36. The van der Waals surface area contributed by atoms with E-state index in [4.69, 9.17) is 10.5 Å². The molecule has 0 saturated carbocycles. The van der Waals surface area contributed by atoms with Crippen molar-refractivity contribution in [2.24, 2.45) is 11.7 Å². The van der Waals surface area contributed by atoms with Crippen molar-refractivity contribution in [1.82, 2.24) is 5.32 Å². The van der Waals surface area contributed by atoms with Crippen LogP contribution in [-0.2, 0) is 16.0 Å². The van der Waals surface area contributed by atoms with Gasteiger partial charge >= 0.3 is 0 Å². The second-order valence-electron chi connectivity index (χ2n) is 5.55. The molecule has 3 atom stereocenters. The molecule has 21 heavy (non-hydrogen) atoms. The van der Waals surface area contributed by atoms with Crippen molar-refractivity contribution in [3.05, 3.63) is 23.8 Å². The van der Waals surface area contributed by atoms with Crippen molar-refractivity contribution in [2.45, 2.75) is 31.8 Å². The van der Waals surface area contributed by atoms with E-state index in [1.807, 2.05) is 6.92 Å². The van der Waals surface area contributed by atoms with Gasteiger partial charge in [0.25, 0.3) is 0 Å². The number of hydrogen-bond donors (Lipinski definition) is 4. The summed E-state index contributed by atoms with van der Waals surface area (Å²) in [5.74, 6) is -0.288. The molecule has 1 aliphatic rings. The van der Waals surface area contributed by atoms with E-state index in [1.54, 1.807) is 6.07 Å². The SMILES string of the molecule is CC(NC(=O)[C@@H](N)Cc1ccc(O)c(O)c1)C1CCOC1. The van der Waals surface area contributed by atoms with Gasteiger partial charge in [-0.1, -0.05) is 6.07 Å². The quantitative estimate of drug-likeness (QED) is 0.592. The van der Waals surface area contributed by atoms with Crippen LogP contribution in [0.15, 0.2) is 18.2 Å². The van der Waals surface area contributed by atoms with E-state index in [2.05, 4.69) is 5.32 Å². The first-order chi connectivity index (χ1) is 9.97. The summed E-state index contributed by atoms with van der Waals surface area (Å²) >= 11 is 0. The molecule has 1 aromatic rings. The number of carbonyl (C=O) groups is 1. The number of aromatic hydroxyl groups is 2. The lowest BCUT2D eigenvalue weighted by Gasteiger charge is -2.21. The highest BCUT2D eigenvalue weighted by Gasteiger charge is 2.25. The first-order valence-corrected chi connectivity index (χ1v) is 7.12. The lowest BCUT2D eigenvalue weighted by molar-refractivity contribution is -0.123.